The summed E-state index contributed by atoms with van der Waals surface area (Å²) >= 11 is 0. The summed E-state index contributed by atoms with van der Waals surface area (Å²) in [7, 11) is 5.73. The van der Waals surface area contributed by atoms with Crippen molar-refractivity contribution >= 4 is 23.6 Å². The van der Waals surface area contributed by atoms with Crippen molar-refractivity contribution in [2.45, 2.75) is 66.0 Å². The molecule has 0 saturated carbocycles. The zero-order valence-corrected chi connectivity index (χ0v) is 24.2. The highest BCUT2D eigenvalue weighted by atomic mass is 16.6. The van der Waals surface area contributed by atoms with Crippen molar-refractivity contribution in [1.82, 2.24) is 5.32 Å². The molecular weight excluding hydrogens is 492 g/mol. The van der Waals surface area contributed by atoms with Crippen molar-refractivity contribution in [3.8, 4) is 17.2 Å². The molecule has 1 aliphatic heterocycles. The van der Waals surface area contributed by atoms with Gasteiger partial charge < -0.3 is 29.0 Å². The molecule has 1 N–H and O–H groups in total. The second kappa shape index (κ2) is 12.3. The lowest BCUT2D eigenvalue weighted by Gasteiger charge is -2.34. The maximum Gasteiger partial charge on any atom is 0.329 e. The van der Waals surface area contributed by atoms with Gasteiger partial charge >= 0.3 is 11.9 Å². The highest BCUT2D eigenvalue weighted by molar-refractivity contribution is 6.08. The van der Waals surface area contributed by atoms with Gasteiger partial charge in [-0.1, -0.05) is 13.8 Å². The molecule has 0 aliphatic carbocycles. The van der Waals surface area contributed by atoms with E-state index >= 15 is 0 Å². The minimum absolute atomic E-state index is 0.182. The van der Waals surface area contributed by atoms with E-state index < -0.39 is 41.3 Å². The van der Waals surface area contributed by atoms with Crippen LogP contribution in [0, 0.1) is 11.8 Å². The van der Waals surface area contributed by atoms with Crippen LogP contribution >= 0.6 is 0 Å². The lowest BCUT2D eigenvalue weighted by molar-refractivity contribution is -0.159. The molecule has 1 heterocycles. The topological polar surface area (TPSA) is 122 Å². The SMILES string of the molecule is COC(=O)C1C(C)=NC(C)=C(C(=O)NC(C(=O)OC(C)(C)C)C(C)C)C1c1c(OC)cc(OC)cc1OC. The Morgan fingerprint density at radius 1 is 0.947 bits per heavy atom. The molecule has 2 rings (SSSR count). The lowest BCUT2D eigenvalue weighted by Crippen LogP contribution is -2.49. The number of benzene rings is 1. The van der Waals surface area contributed by atoms with Gasteiger partial charge in [0.25, 0.3) is 0 Å². The first kappa shape index (κ1) is 30.7. The number of nitrogens with one attached hydrogen (secondary N) is 1. The second-order valence-electron chi connectivity index (χ2n) is 10.4. The smallest absolute Gasteiger partial charge is 0.329 e. The Bertz CT molecular complexity index is 1110. The van der Waals surface area contributed by atoms with Gasteiger partial charge in [-0.15, -0.1) is 0 Å². The second-order valence-corrected chi connectivity index (χ2v) is 10.4. The molecule has 0 saturated heterocycles. The predicted octanol–water partition coefficient (Wildman–Crippen LogP) is 3.82. The fraction of sp³-hybridized carbons (Fsp3) is 0.571. The molecule has 1 aliphatic rings. The van der Waals surface area contributed by atoms with Crippen LogP contribution in [0.2, 0.25) is 0 Å². The first-order valence-corrected chi connectivity index (χ1v) is 12.4. The quantitative estimate of drug-likeness (QED) is 0.477. The summed E-state index contributed by atoms with van der Waals surface area (Å²) in [5, 5.41) is 2.83. The fourth-order valence-electron chi connectivity index (χ4n) is 4.50. The van der Waals surface area contributed by atoms with E-state index in [1.165, 1.54) is 28.4 Å². The van der Waals surface area contributed by atoms with Crippen molar-refractivity contribution in [3.63, 3.8) is 0 Å². The summed E-state index contributed by atoms with van der Waals surface area (Å²) in [6.07, 6.45) is 0. The Balaban J connectivity index is 2.76. The molecule has 0 radical (unpaired) electrons. The third kappa shape index (κ3) is 6.65. The van der Waals surface area contributed by atoms with Crippen molar-refractivity contribution < 1.29 is 38.1 Å². The molecule has 1 aromatic rings. The number of rotatable bonds is 9. The van der Waals surface area contributed by atoms with E-state index in [2.05, 4.69) is 10.3 Å². The zero-order chi connectivity index (χ0) is 28.9. The zero-order valence-electron chi connectivity index (χ0n) is 24.2. The number of methoxy groups -OCH3 is 4. The van der Waals surface area contributed by atoms with Crippen molar-refractivity contribution in [1.29, 1.82) is 0 Å². The molecule has 10 heteroatoms. The summed E-state index contributed by atoms with van der Waals surface area (Å²) in [6.45, 7) is 12.3. The summed E-state index contributed by atoms with van der Waals surface area (Å²) in [5.74, 6) is -2.68. The maximum atomic E-state index is 14.0. The molecule has 38 heavy (non-hydrogen) atoms. The van der Waals surface area contributed by atoms with E-state index in [-0.39, 0.29) is 11.5 Å². The van der Waals surface area contributed by atoms with Crippen LogP contribution in [-0.2, 0) is 23.9 Å². The van der Waals surface area contributed by atoms with Gasteiger partial charge in [-0.05, 0) is 40.5 Å². The molecule has 0 fully saturated rings. The van der Waals surface area contributed by atoms with Gasteiger partial charge in [0.2, 0.25) is 5.91 Å². The van der Waals surface area contributed by atoms with E-state index in [9.17, 15) is 14.4 Å². The van der Waals surface area contributed by atoms with Gasteiger partial charge in [-0.25, -0.2) is 4.79 Å². The molecule has 1 aromatic carbocycles. The summed E-state index contributed by atoms with van der Waals surface area (Å²) in [4.78, 5) is 44.6. The Labute approximate surface area is 224 Å². The number of nitrogens with zero attached hydrogens (tertiary/aromatic N) is 1. The van der Waals surface area contributed by atoms with Gasteiger partial charge in [0, 0.05) is 40.6 Å². The third-order valence-corrected chi connectivity index (χ3v) is 6.21. The largest absolute Gasteiger partial charge is 0.496 e. The molecule has 3 unspecified atom stereocenters. The van der Waals surface area contributed by atoms with E-state index in [0.29, 0.717) is 34.2 Å². The van der Waals surface area contributed by atoms with Crippen LogP contribution in [0.3, 0.4) is 0 Å². The predicted molar refractivity (Wildman–Crippen MR) is 143 cm³/mol. The maximum absolute atomic E-state index is 14.0. The van der Waals surface area contributed by atoms with E-state index in [0.717, 1.165) is 0 Å². The lowest BCUT2D eigenvalue weighted by atomic mass is 9.74. The standard InChI is InChI=1S/C28H40N2O8/c1-14(2)24(27(33)38-28(5,6)7)30-25(31)20-15(3)29-16(4)21(26(32)37-11)23(20)22-18(35-9)12-17(34-8)13-19(22)36-10/h12-14,21,23-24H,1-11H3,(H,30,31). The molecule has 0 bridgehead atoms. The van der Waals surface area contributed by atoms with Gasteiger partial charge in [-0.2, -0.15) is 0 Å². The summed E-state index contributed by atoms with van der Waals surface area (Å²) < 4.78 is 27.4. The Hall–Kier alpha value is -3.56. The van der Waals surface area contributed by atoms with Crippen LogP contribution in [0.15, 0.2) is 28.4 Å². The first-order valence-electron chi connectivity index (χ1n) is 12.4. The fourth-order valence-corrected chi connectivity index (χ4v) is 4.50. The van der Waals surface area contributed by atoms with Gasteiger partial charge in [0.05, 0.1) is 28.4 Å². The number of hydrogen-bond acceptors (Lipinski definition) is 9. The molecular formula is C28H40N2O8. The van der Waals surface area contributed by atoms with E-state index in [1.54, 1.807) is 46.8 Å². The third-order valence-electron chi connectivity index (χ3n) is 6.21. The van der Waals surface area contributed by atoms with Crippen molar-refractivity contribution in [3.05, 3.63) is 29.0 Å². The van der Waals surface area contributed by atoms with Gasteiger partial charge in [-0.3, -0.25) is 14.6 Å². The van der Waals surface area contributed by atoms with Crippen LogP contribution in [0.25, 0.3) is 0 Å². The number of hydrogen-bond donors (Lipinski definition) is 1. The van der Waals surface area contributed by atoms with Gasteiger partial charge in [0.15, 0.2) is 0 Å². The van der Waals surface area contributed by atoms with Crippen LogP contribution < -0.4 is 19.5 Å². The molecule has 1 amide bonds. The molecule has 0 spiro atoms. The average molecular weight is 533 g/mol. The van der Waals surface area contributed by atoms with E-state index in [1.807, 2.05) is 13.8 Å². The number of aliphatic imine (C=N–C) groups is 1. The van der Waals surface area contributed by atoms with Gasteiger partial charge in [0.1, 0.15) is 34.8 Å². The van der Waals surface area contributed by atoms with E-state index in [4.69, 9.17) is 23.7 Å². The van der Waals surface area contributed by atoms with Crippen molar-refractivity contribution in [2.24, 2.45) is 16.8 Å². The molecule has 10 nitrogen and oxygen atoms in total. The normalized spacial score (nSPS) is 18.4. The highest BCUT2D eigenvalue weighted by Gasteiger charge is 2.45. The highest BCUT2D eigenvalue weighted by Crippen LogP contribution is 2.48. The number of amides is 1. The number of esters is 2. The van der Waals surface area contributed by atoms with Crippen LogP contribution in [0.1, 0.15) is 59.9 Å². The van der Waals surface area contributed by atoms with Crippen LogP contribution in [-0.4, -0.2) is 63.6 Å². The first-order chi connectivity index (χ1) is 17.7. The average Bonchev–Trinajstić information content (AvgIpc) is 2.83. The number of carbonyl (C=O) groups excluding carboxylic acids is 3. The molecule has 0 aromatic heterocycles. The number of allylic oxidation sites excluding steroid dienone is 1. The summed E-state index contributed by atoms with van der Waals surface area (Å²) in [6, 6.07) is 2.36. The molecule has 3 atom stereocenters. The molecule has 210 valence electrons. The number of ether oxygens (including phenoxy) is 5. The Morgan fingerprint density at radius 2 is 1.50 bits per heavy atom. The minimum atomic E-state index is -0.959. The minimum Gasteiger partial charge on any atom is -0.496 e. The summed E-state index contributed by atoms with van der Waals surface area (Å²) in [5.41, 5.74) is 0.740. The number of carbonyl (C=O) groups is 3. The van der Waals surface area contributed by atoms with Crippen LogP contribution in [0.4, 0.5) is 0 Å². The Kier molecular flexibility index (Phi) is 9.94. The Morgan fingerprint density at radius 3 is 1.92 bits per heavy atom. The van der Waals surface area contributed by atoms with Crippen LogP contribution in [0.5, 0.6) is 17.2 Å². The monoisotopic (exact) mass is 532 g/mol. The van der Waals surface area contributed by atoms with Crippen molar-refractivity contribution in [2.75, 3.05) is 28.4 Å².